The molecular weight excluding hydrogens is 224 g/mol. The van der Waals surface area contributed by atoms with Crippen LogP contribution in [-0.4, -0.2) is 19.2 Å². The van der Waals surface area contributed by atoms with E-state index in [1.807, 2.05) is 19.1 Å². The Bertz CT molecular complexity index is 423. The lowest BCUT2D eigenvalue weighted by Gasteiger charge is -2.20. The third-order valence-electron chi connectivity index (χ3n) is 3.19. The predicted molar refractivity (Wildman–Crippen MR) is 73.7 cm³/mol. The van der Waals surface area contributed by atoms with Crippen LogP contribution in [0.3, 0.4) is 0 Å². The molecule has 0 heterocycles. The number of rotatable bonds is 6. The van der Waals surface area contributed by atoms with Crippen LogP contribution in [0.5, 0.6) is 5.75 Å². The summed E-state index contributed by atoms with van der Waals surface area (Å²) in [6, 6.07) is 10.4. The molecule has 1 aromatic carbocycles. The Labute approximate surface area is 110 Å². The van der Waals surface area contributed by atoms with Crippen LogP contribution < -0.4 is 10.1 Å². The van der Waals surface area contributed by atoms with Crippen molar-refractivity contribution in [1.29, 1.82) is 5.26 Å². The number of benzene rings is 1. The Morgan fingerprint density at radius 2 is 2.17 bits per heavy atom. The highest BCUT2D eigenvalue weighted by Crippen LogP contribution is 2.20. The van der Waals surface area contributed by atoms with Crippen molar-refractivity contribution in [3.8, 4) is 11.8 Å². The first kappa shape index (κ1) is 14.5. The maximum Gasteiger partial charge on any atom is 0.119 e. The molecule has 1 rings (SSSR count). The van der Waals surface area contributed by atoms with Crippen LogP contribution in [0, 0.1) is 11.3 Å². The molecular formula is C15H22N2O. The molecule has 1 unspecified atom stereocenters. The Morgan fingerprint density at radius 1 is 1.44 bits per heavy atom. The van der Waals surface area contributed by atoms with Crippen molar-refractivity contribution in [1.82, 2.24) is 5.32 Å². The Balaban J connectivity index is 2.54. The van der Waals surface area contributed by atoms with E-state index in [1.165, 1.54) is 5.56 Å². The van der Waals surface area contributed by atoms with Crippen molar-refractivity contribution in [3.05, 3.63) is 29.8 Å². The van der Waals surface area contributed by atoms with Crippen molar-refractivity contribution in [2.45, 2.75) is 38.6 Å². The van der Waals surface area contributed by atoms with Gasteiger partial charge in [-0.3, -0.25) is 0 Å². The number of ether oxygens (including phenoxy) is 1. The molecule has 0 aliphatic rings. The highest BCUT2D eigenvalue weighted by Gasteiger charge is 2.20. The van der Waals surface area contributed by atoms with E-state index in [0.717, 1.165) is 5.75 Å². The summed E-state index contributed by atoms with van der Waals surface area (Å²) in [6.07, 6.45) is 0.659. The number of hydrogen-bond acceptors (Lipinski definition) is 3. The summed E-state index contributed by atoms with van der Waals surface area (Å²) < 4.78 is 5.71. The average Bonchev–Trinajstić information content (AvgIpc) is 2.39. The quantitative estimate of drug-likeness (QED) is 0.839. The standard InChI is InChI=1S/C15H22N2O/c1-12(2)13-6-5-7-14(10-13)18-9-8-15(3,11-16)17-4/h5-7,10,12,17H,8-9H2,1-4H3. The van der Waals surface area contributed by atoms with Gasteiger partial charge in [-0.1, -0.05) is 26.0 Å². The van der Waals surface area contributed by atoms with Crippen LogP contribution in [0.15, 0.2) is 24.3 Å². The summed E-state index contributed by atoms with van der Waals surface area (Å²) in [5.74, 6) is 1.37. The normalized spacial score (nSPS) is 14.0. The summed E-state index contributed by atoms with van der Waals surface area (Å²) >= 11 is 0. The lowest BCUT2D eigenvalue weighted by atomic mass is 10.0. The van der Waals surface area contributed by atoms with Gasteiger partial charge in [-0.05, 0) is 37.6 Å². The molecule has 1 N–H and O–H groups in total. The molecule has 0 aliphatic heterocycles. The summed E-state index contributed by atoms with van der Waals surface area (Å²) in [4.78, 5) is 0. The average molecular weight is 246 g/mol. The minimum atomic E-state index is -0.518. The van der Waals surface area contributed by atoms with Gasteiger partial charge in [0.25, 0.3) is 0 Å². The minimum Gasteiger partial charge on any atom is -0.493 e. The Morgan fingerprint density at radius 3 is 2.72 bits per heavy atom. The molecule has 3 nitrogen and oxygen atoms in total. The van der Waals surface area contributed by atoms with Gasteiger partial charge in [0.2, 0.25) is 0 Å². The highest BCUT2D eigenvalue weighted by molar-refractivity contribution is 5.30. The molecule has 1 aromatic rings. The maximum atomic E-state index is 9.03. The van der Waals surface area contributed by atoms with E-state index in [1.54, 1.807) is 7.05 Å². The topological polar surface area (TPSA) is 45.0 Å². The van der Waals surface area contributed by atoms with Crippen LogP contribution in [0.4, 0.5) is 0 Å². The van der Waals surface area contributed by atoms with Crippen LogP contribution in [-0.2, 0) is 0 Å². The summed E-state index contributed by atoms with van der Waals surface area (Å²) in [7, 11) is 1.79. The molecule has 0 saturated heterocycles. The van der Waals surface area contributed by atoms with Gasteiger partial charge in [0.05, 0.1) is 12.7 Å². The summed E-state index contributed by atoms with van der Waals surface area (Å²) in [5.41, 5.74) is 0.750. The Hall–Kier alpha value is -1.53. The van der Waals surface area contributed by atoms with E-state index in [2.05, 4.69) is 37.4 Å². The zero-order chi connectivity index (χ0) is 13.6. The van der Waals surface area contributed by atoms with Crippen molar-refractivity contribution in [2.24, 2.45) is 0 Å². The summed E-state index contributed by atoms with van der Waals surface area (Å²) in [6.45, 7) is 6.73. The van der Waals surface area contributed by atoms with Crippen molar-refractivity contribution in [2.75, 3.05) is 13.7 Å². The van der Waals surface area contributed by atoms with Gasteiger partial charge in [0, 0.05) is 6.42 Å². The van der Waals surface area contributed by atoms with E-state index in [4.69, 9.17) is 10.00 Å². The molecule has 0 aromatic heterocycles. The van der Waals surface area contributed by atoms with Gasteiger partial charge in [0.1, 0.15) is 11.3 Å². The van der Waals surface area contributed by atoms with Crippen molar-refractivity contribution < 1.29 is 4.74 Å². The predicted octanol–water partition coefficient (Wildman–Crippen LogP) is 3.08. The van der Waals surface area contributed by atoms with Gasteiger partial charge >= 0.3 is 0 Å². The third kappa shape index (κ3) is 4.05. The molecule has 0 amide bonds. The second-order valence-electron chi connectivity index (χ2n) is 5.02. The van der Waals surface area contributed by atoms with Gasteiger partial charge < -0.3 is 10.1 Å². The lowest BCUT2D eigenvalue weighted by Crippen LogP contribution is -2.39. The molecule has 0 spiro atoms. The first-order chi connectivity index (χ1) is 8.50. The monoisotopic (exact) mass is 246 g/mol. The zero-order valence-electron chi connectivity index (χ0n) is 11.7. The van der Waals surface area contributed by atoms with E-state index in [0.29, 0.717) is 18.9 Å². The number of hydrogen-bond donors (Lipinski definition) is 1. The first-order valence-electron chi connectivity index (χ1n) is 6.33. The fourth-order valence-electron chi connectivity index (χ4n) is 1.57. The molecule has 3 heteroatoms. The first-order valence-corrected chi connectivity index (χ1v) is 6.33. The van der Waals surface area contributed by atoms with Crippen LogP contribution in [0.2, 0.25) is 0 Å². The fraction of sp³-hybridized carbons (Fsp3) is 0.533. The largest absolute Gasteiger partial charge is 0.493 e. The molecule has 0 saturated carbocycles. The van der Waals surface area contributed by atoms with Crippen molar-refractivity contribution in [3.63, 3.8) is 0 Å². The van der Waals surface area contributed by atoms with E-state index < -0.39 is 5.54 Å². The number of nitriles is 1. The molecule has 0 aliphatic carbocycles. The molecule has 0 radical (unpaired) electrons. The van der Waals surface area contributed by atoms with Crippen LogP contribution in [0.25, 0.3) is 0 Å². The SMILES string of the molecule is CNC(C)(C#N)CCOc1cccc(C(C)C)c1. The van der Waals surface area contributed by atoms with Gasteiger partial charge in [-0.25, -0.2) is 0 Å². The van der Waals surface area contributed by atoms with Crippen LogP contribution >= 0.6 is 0 Å². The smallest absolute Gasteiger partial charge is 0.119 e. The fourth-order valence-corrected chi connectivity index (χ4v) is 1.57. The highest BCUT2D eigenvalue weighted by atomic mass is 16.5. The number of nitrogens with zero attached hydrogens (tertiary/aromatic N) is 1. The van der Waals surface area contributed by atoms with Crippen molar-refractivity contribution >= 4 is 0 Å². The van der Waals surface area contributed by atoms with E-state index in [-0.39, 0.29) is 0 Å². The van der Waals surface area contributed by atoms with Gasteiger partial charge in [0.15, 0.2) is 0 Å². The maximum absolute atomic E-state index is 9.03. The molecule has 98 valence electrons. The lowest BCUT2D eigenvalue weighted by molar-refractivity contribution is 0.272. The zero-order valence-corrected chi connectivity index (χ0v) is 11.7. The van der Waals surface area contributed by atoms with E-state index in [9.17, 15) is 0 Å². The molecule has 18 heavy (non-hydrogen) atoms. The second kappa shape index (κ2) is 6.42. The second-order valence-corrected chi connectivity index (χ2v) is 5.02. The van der Waals surface area contributed by atoms with Crippen LogP contribution in [0.1, 0.15) is 38.7 Å². The number of nitrogens with one attached hydrogen (secondary N) is 1. The van der Waals surface area contributed by atoms with Gasteiger partial charge in [-0.15, -0.1) is 0 Å². The molecule has 1 atom stereocenters. The third-order valence-corrected chi connectivity index (χ3v) is 3.19. The molecule has 0 bridgehead atoms. The summed E-state index contributed by atoms with van der Waals surface area (Å²) in [5, 5.41) is 12.0. The minimum absolute atomic E-state index is 0.496. The van der Waals surface area contributed by atoms with E-state index >= 15 is 0 Å². The Kier molecular flexibility index (Phi) is 5.18. The van der Waals surface area contributed by atoms with Gasteiger partial charge in [-0.2, -0.15) is 5.26 Å². The molecule has 0 fully saturated rings.